The van der Waals surface area contributed by atoms with Crippen molar-refractivity contribution < 1.29 is 0 Å². The average Bonchev–Trinajstić information content (AvgIpc) is 2.18. The van der Waals surface area contributed by atoms with Crippen molar-refractivity contribution in [3.8, 4) is 11.8 Å². The van der Waals surface area contributed by atoms with Crippen molar-refractivity contribution in [3.63, 3.8) is 0 Å². The zero-order valence-electron chi connectivity index (χ0n) is 8.98. The van der Waals surface area contributed by atoms with E-state index in [-0.39, 0.29) is 5.41 Å². The molecule has 0 atom stereocenters. The second kappa shape index (κ2) is 6.09. The Bertz CT molecular complexity index is 383. The Morgan fingerprint density at radius 1 is 1.27 bits per heavy atom. The van der Waals surface area contributed by atoms with Crippen molar-refractivity contribution >= 4 is 45.2 Å². The molecule has 0 unspecified atom stereocenters. The summed E-state index contributed by atoms with van der Waals surface area (Å²) < 4.78 is 2.24. The molecule has 0 bridgehead atoms. The van der Waals surface area contributed by atoms with Crippen LogP contribution in [0.4, 0.5) is 0 Å². The molecule has 1 rings (SSSR count). The summed E-state index contributed by atoms with van der Waals surface area (Å²) in [5.41, 5.74) is 1.47. The lowest BCUT2D eigenvalue weighted by molar-refractivity contribution is 0.500. The lowest BCUT2D eigenvalue weighted by Gasteiger charge is -2.18. The fourth-order valence-electron chi connectivity index (χ4n) is 1.43. The number of hydrogen-bond donors (Lipinski definition) is 0. The predicted octanol–water partition coefficient (Wildman–Crippen LogP) is 4.30. The Morgan fingerprint density at radius 3 is 2.53 bits per heavy atom. The van der Waals surface area contributed by atoms with Gasteiger partial charge >= 0.3 is 0 Å². The molecule has 15 heavy (non-hydrogen) atoms. The van der Waals surface area contributed by atoms with Crippen LogP contribution in [0.1, 0.15) is 19.4 Å². The average molecular weight is 424 g/mol. The molecule has 0 fully saturated rings. The van der Waals surface area contributed by atoms with Gasteiger partial charge in [0.25, 0.3) is 0 Å². The molecule has 0 saturated heterocycles. The molecule has 0 amide bonds. The Hall–Kier alpha value is 0.240. The van der Waals surface area contributed by atoms with Gasteiger partial charge < -0.3 is 0 Å². The van der Waals surface area contributed by atoms with E-state index in [1.165, 1.54) is 9.13 Å². The molecular formula is C13H14I2. The van der Waals surface area contributed by atoms with E-state index < -0.39 is 0 Å². The van der Waals surface area contributed by atoms with Crippen LogP contribution in [0.15, 0.2) is 24.3 Å². The summed E-state index contributed by atoms with van der Waals surface area (Å²) in [7, 11) is 0. The maximum atomic E-state index is 3.32. The second-order valence-electron chi connectivity index (χ2n) is 4.09. The van der Waals surface area contributed by atoms with E-state index in [0.717, 1.165) is 10.8 Å². The molecule has 0 saturated carbocycles. The van der Waals surface area contributed by atoms with Gasteiger partial charge in [-0.2, -0.15) is 0 Å². The normalized spacial score (nSPS) is 10.7. The van der Waals surface area contributed by atoms with Gasteiger partial charge in [-0.05, 0) is 54.5 Å². The van der Waals surface area contributed by atoms with Crippen molar-refractivity contribution in [1.82, 2.24) is 0 Å². The maximum Gasteiger partial charge on any atom is 0.0609 e. The van der Waals surface area contributed by atoms with Gasteiger partial charge in [0.05, 0.1) is 4.43 Å². The molecule has 0 aliphatic carbocycles. The zero-order chi connectivity index (χ0) is 11.3. The quantitative estimate of drug-likeness (QED) is 0.378. The SMILES string of the molecule is CC(C)(C#CCI)Cc1ccccc1I. The van der Waals surface area contributed by atoms with Gasteiger partial charge in [0.1, 0.15) is 0 Å². The summed E-state index contributed by atoms with van der Waals surface area (Å²) in [6.07, 6.45) is 1.02. The van der Waals surface area contributed by atoms with Crippen LogP contribution in [0.2, 0.25) is 0 Å². The third-order valence-corrected chi connectivity index (χ3v) is 3.52. The number of alkyl halides is 1. The lowest BCUT2D eigenvalue weighted by Crippen LogP contribution is -2.13. The molecule has 0 aliphatic rings. The van der Waals surface area contributed by atoms with Gasteiger partial charge in [-0.1, -0.05) is 52.6 Å². The molecule has 0 heterocycles. The number of hydrogen-bond acceptors (Lipinski definition) is 0. The van der Waals surface area contributed by atoms with Crippen LogP contribution < -0.4 is 0 Å². The van der Waals surface area contributed by atoms with Crippen LogP contribution in [-0.4, -0.2) is 4.43 Å². The number of rotatable bonds is 2. The first-order valence-corrected chi connectivity index (χ1v) is 7.45. The van der Waals surface area contributed by atoms with Crippen molar-refractivity contribution in [3.05, 3.63) is 33.4 Å². The highest BCUT2D eigenvalue weighted by Crippen LogP contribution is 2.23. The zero-order valence-corrected chi connectivity index (χ0v) is 13.3. The highest BCUT2D eigenvalue weighted by molar-refractivity contribution is 14.1. The molecule has 0 spiro atoms. The van der Waals surface area contributed by atoms with E-state index in [0.29, 0.717) is 0 Å². The third kappa shape index (κ3) is 4.73. The Kier molecular flexibility index (Phi) is 5.41. The van der Waals surface area contributed by atoms with Crippen molar-refractivity contribution in [2.24, 2.45) is 5.41 Å². The summed E-state index contributed by atoms with van der Waals surface area (Å²) in [6, 6.07) is 8.51. The topological polar surface area (TPSA) is 0 Å². The van der Waals surface area contributed by atoms with Crippen LogP contribution in [0, 0.1) is 20.8 Å². The highest BCUT2D eigenvalue weighted by atomic mass is 127. The van der Waals surface area contributed by atoms with Gasteiger partial charge in [0, 0.05) is 8.99 Å². The second-order valence-corrected chi connectivity index (χ2v) is 6.01. The molecule has 2 heteroatoms. The molecular weight excluding hydrogens is 410 g/mol. The van der Waals surface area contributed by atoms with Gasteiger partial charge in [0.15, 0.2) is 0 Å². The fourth-order valence-corrected chi connectivity index (χ4v) is 2.20. The molecule has 0 aliphatic heterocycles. The fraction of sp³-hybridized carbons (Fsp3) is 0.385. The van der Waals surface area contributed by atoms with E-state index in [1.807, 2.05) is 0 Å². The summed E-state index contributed by atoms with van der Waals surface area (Å²) in [4.78, 5) is 0. The van der Waals surface area contributed by atoms with E-state index in [9.17, 15) is 0 Å². The molecule has 1 aromatic carbocycles. The summed E-state index contributed by atoms with van der Waals surface area (Å²) in [6.45, 7) is 4.41. The van der Waals surface area contributed by atoms with E-state index in [1.54, 1.807) is 0 Å². The van der Waals surface area contributed by atoms with Gasteiger partial charge in [0.2, 0.25) is 0 Å². The molecule has 0 nitrogen and oxygen atoms in total. The molecule has 0 radical (unpaired) electrons. The Labute approximate surface area is 120 Å². The van der Waals surface area contributed by atoms with Crippen LogP contribution in [0.25, 0.3) is 0 Å². The third-order valence-electron chi connectivity index (χ3n) is 2.08. The van der Waals surface area contributed by atoms with Gasteiger partial charge in [-0.3, -0.25) is 0 Å². The van der Waals surface area contributed by atoms with Crippen molar-refractivity contribution in [2.75, 3.05) is 4.43 Å². The smallest absolute Gasteiger partial charge is 0.0609 e. The first-order valence-electron chi connectivity index (χ1n) is 4.84. The first-order chi connectivity index (χ1) is 7.05. The van der Waals surface area contributed by atoms with Crippen molar-refractivity contribution in [1.29, 1.82) is 0 Å². The maximum absolute atomic E-state index is 3.32. The van der Waals surface area contributed by atoms with Crippen LogP contribution in [0.5, 0.6) is 0 Å². The summed E-state index contributed by atoms with van der Waals surface area (Å²) in [5.74, 6) is 6.49. The first kappa shape index (κ1) is 13.3. The molecule has 80 valence electrons. The number of benzene rings is 1. The summed E-state index contributed by atoms with van der Waals surface area (Å²) >= 11 is 4.68. The van der Waals surface area contributed by atoms with E-state index >= 15 is 0 Å². The minimum atomic E-state index is 0.0758. The minimum absolute atomic E-state index is 0.0758. The highest BCUT2D eigenvalue weighted by Gasteiger charge is 2.16. The Morgan fingerprint density at radius 2 is 1.93 bits per heavy atom. The van der Waals surface area contributed by atoms with Crippen LogP contribution >= 0.6 is 45.2 Å². The largest absolute Gasteiger partial charge is 0.0959 e. The Balaban J connectivity index is 2.82. The minimum Gasteiger partial charge on any atom is -0.0959 e. The molecule has 0 N–H and O–H groups in total. The monoisotopic (exact) mass is 424 g/mol. The van der Waals surface area contributed by atoms with Gasteiger partial charge in [-0.15, -0.1) is 0 Å². The number of halogens is 2. The standard InChI is InChI=1S/C13H14I2/c1-13(2,8-5-9-14)10-11-6-3-4-7-12(11)15/h3-4,6-7H,9-10H2,1-2H3. The van der Waals surface area contributed by atoms with Crippen LogP contribution in [-0.2, 0) is 6.42 Å². The summed E-state index contributed by atoms with van der Waals surface area (Å²) in [5, 5.41) is 0. The predicted molar refractivity (Wildman–Crippen MR) is 83.3 cm³/mol. The van der Waals surface area contributed by atoms with Crippen molar-refractivity contribution in [2.45, 2.75) is 20.3 Å². The van der Waals surface area contributed by atoms with E-state index in [4.69, 9.17) is 0 Å². The van der Waals surface area contributed by atoms with Crippen LogP contribution in [0.3, 0.4) is 0 Å². The van der Waals surface area contributed by atoms with Gasteiger partial charge in [-0.25, -0.2) is 0 Å². The molecule has 1 aromatic rings. The lowest BCUT2D eigenvalue weighted by atomic mass is 9.86. The molecule has 0 aromatic heterocycles. The van der Waals surface area contributed by atoms with E-state index in [2.05, 4.69) is 95.1 Å².